The first-order valence-corrected chi connectivity index (χ1v) is 9.01. The molecule has 0 atom stereocenters. The number of hydrogen-bond donors (Lipinski definition) is 0. The van der Waals surface area contributed by atoms with Crippen molar-refractivity contribution in [2.75, 3.05) is 26.3 Å². The van der Waals surface area contributed by atoms with E-state index < -0.39 is 5.54 Å². The van der Waals surface area contributed by atoms with Crippen LogP contribution < -0.4 is 51.4 Å². The Labute approximate surface area is 196 Å². The van der Waals surface area contributed by atoms with Crippen LogP contribution in [0.1, 0.15) is 24.2 Å². The molecule has 1 fully saturated rings. The van der Waals surface area contributed by atoms with E-state index in [1.54, 1.807) is 11.8 Å². The molecular formula is C20H22KNO2S. The molecule has 5 heteroatoms. The molecule has 3 rings (SSSR count). The first-order chi connectivity index (χ1) is 11.6. The smallest absolute Gasteiger partial charge is 0.379 e. The Bertz CT molecular complexity index is 683. The van der Waals surface area contributed by atoms with Crippen LogP contribution in [0.15, 0.2) is 58.3 Å². The predicted molar refractivity (Wildman–Crippen MR) is 96.6 cm³/mol. The van der Waals surface area contributed by atoms with Crippen molar-refractivity contribution in [1.82, 2.24) is 4.90 Å². The maximum absolute atomic E-state index is 12.9. The third-order valence-electron chi connectivity index (χ3n) is 4.40. The van der Waals surface area contributed by atoms with Crippen molar-refractivity contribution in [2.45, 2.75) is 29.2 Å². The SMILES string of the molecule is CC(C)(C(=O)c1ccc(Sc2cc[c-]cc2)cc1)N1CCOCC1.[K+]. The molecule has 1 saturated heterocycles. The fraction of sp³-hybridized carbons (Fsp3) is 0.350. The van der Waals surface area contributed by atoms with E-state index in [-0.39, 0.29) is 57.2 Å². The van der Waals surface area contributed by atoms with Gasteiger partial charge in [0.05, 0.1) is 18.8 Å². The number of rotatable bonds is 5. The van der Waals surface area contributed by atoms with E-state index in [1.165, 1.54) is 4.90 Å². The molecule has 0 bridgehead atoms. The standard InChI is InChI=1S/C20H22NO2S.K/c1-20(2,21-12-14-23-15-13-21)19(22)16-8-10-18(11-9-16)24-17-6-4-3-5-7-17;/h4-11H,12-15H2,1-2H3;/q-1;+1. The fourth-order valence-electron chi connectivity index (χ4n) is 2.87. The van der Waals surface area contributed by atoms with Gasteiger partial charge >= 0.3 is 51.4 Å². The molecule has 0 aromatic heterocycles. The maximum atomic E-state index is 12.9. The zero-order chi connectivity index (χ0) is 17.0. The van der Waals surface area contributed by atoms with Crippen molar-refractivity contribution in [3.8, 4) is 0 Å². The second-order valence-corrected chi connectivity index (χ2v) is 7.50. The topological polar surface area (TPSA) is 29.5 Å². The molecule has 126 valence electrons. The number of ether oxygens (including phenoxy) is 1. The Kier molecular flexibility index (Phi) is 8.36. The number of nitrogens with zero attached hydrogens (tertiary/aromatic N) is 1. The van der Waals surface area contributed by atoms with Crippen LogP contribution in [-0.4, -0.2) is 42.5 Å². The van der Waals surface area contributed by atoms with Crippen LogP contribution in [0.3, 0.4) is 0 Å². The molecule has 0 N–H and O–H groups in total. The fourth-order valence-corrected chi connectivity index (χ4v) is 3.69. The molecule has 0 unspecified atom stereocenters. The summed E-state index contributed by atoms with van der Waals surface area (Å²) in [7, 11) is 0. The molecule has 1 aliphatic heterocycles. The molecule has 2 aromatic carbocycles. The van der Waals surface area contributed by atoms with Crippen LogP contribution in [0, 0.1) is 6.07 Å². The molecule has 25 heavy (non-hydrogen) atoms. The van der Waals surface area contributed by atoms with Crippen molar-refractivity contribution < 1.29 is 60.9 Å². The number of carbonyl (C=O) groups excluding carboxylic acids is 1. The summed E-state index contributed by atoms with van der Waals surface area (Å²) in [5.74, 6) is 0.162. The zero-order valence-electron chi connectivity index (χ0n) is 15.1. The molecule has 0 spiro atoms. The number of benzene rings is 2. The zero-order valence-corrected chi connectivity index (χ0v) is 19.1. The third kappa shape index (κ3) is 5.50. The summed E-state index contributed by atoms with van der Waals surface area (Å²) in [4.78, 5) is 17.4. The van der Waals surface area contributed by atoms with Gasteiger partial charge in [-0.25, -0.2) is 0 Å². The minimum absolute atomic E-state index is 0. The molecule has 3 nitrogen and oxygen atoms in total. The second kappa shape index (κ2) is 9.81. The number of morpholine rings is 1. The predicted octanol–water partition coefficient (Wildman–Crippen LogP) is 0.935. The number of hydrogen-bond acceptors (Lipinski definition) is 4. The normalized spacial score (nSPS) is 15.4. The van der Waals surface area contributed by atoms with E-state index >= 15 is 0 Å². The molecule has 1 heterocycles. The van der Waals surface area contributed by atoms with E-state index in [4.69, 9.17) is 4.74 Å². The van der Waals surface area contributed by atoms with Crippen molar-refractivity contribution >= 4 is 17.5 Å². The average Bonchev–Trinajstić information content (AvgIpc) is 2.63. The van der Waals surface area contributed by atoms with Crippen molar-refractivity contribution in [1.29, 1.82) is 0 Å². The van der Waals surface area contributed by atoms with Gasteiger partial charge in [0.15, 0.2) is 5.78 Å². The van der Waals surface area contributed by atoms with Crippen LogP contribution in [0.5, 0.6) is 0 Å². The molecular weight excluding hydrogens is 357 g/mol. The Hall–Kier alpha value is 0.0164. The van der Waals surface area contributed by atoms with E-state index in [2.05, 4.69) is 11.0 Å². The Morgan fingerprint density at radius 2 is 1.60 bits per heavy atom. The number of carbonyl (C=O) groups is 1. The quantitative estimate of drug-likeness (QED) is 0.439. The largest absolute Gasteiger partial charge is 1.00 e. The summed E-state index contributed by atoms with van der Waals surface area (Å²) in [5, 5.41) is 0. The Balaban J connectivity index is 0.00000225. The minimum Gasteiger partial charge on any atom is -0.379 e. The van der Waals surface area contributed by atoms with Gasteiger partial charge in [0.1, 0.15) is 0 Å². The Morgan fingerprint density at radius 3 is 2.20 bits per heavy atom. The second-order valence-electron chi connectivity index (χ2n) is 6.35. The van der Waals surface area contributed by atoms with Gasteiger partial charge in [0.25, 0.3) is 0 Å². The number of Topliss-reactive ketones (excluding diaryl/α,β-unsaturated/α-hetero) is 1. The maximum Gasteiger partial charge on any atom is 1.00 e. The van der Waals surface area contributed by atoms with Gasteiger partial charge in [0, 0.05) is 23.5 Å². The molecule has 0 radical (unpaired) electrons. The van der Waals surface area contributed by atoms with Crippen LogP contribution in [0.4, 0.5) is 0 Å². The molecule has 0 saturated carbocycles. The Morgan fingerprint density at radius 1 is 1.04 bits per heavy atom. The minimum atomic E-state index is -0.506. The van der Waals surface area contributed by atoms with E-state index in [0.29, 0.717) is 13.2 Å². The summed E-state index contributed by atoms with van der Waals surface area (Å²) in [5.41, 5.74) is 0.255. The summed E-state index contributed by atoms with van der Waals surface area (Å²) in [6, 6.07) is 18.8. The van der Waals surface area contributed by atoms with Crippen molar-refractivity contribution in [2.24, 2.45) is 0 Å². The molecule has 0 amide bonds. The molecule has 0 aliphatic carbocycles. The first-order valence-electron chi connectivity index (χ1n) is 8.19. The van der Waals surface area contributed by atoms with Gasteiger partial charge in [-0.3, -0.25) is 9.69 Å². The van der Waals surface area contributed by atoms with Crippen molar-refractivity contribution in [3.63, 3.8) is 0 Å². The van der Waals surface area contributed by atoms with Gasteiger partial charge < -0.3 is 4.74 Å². The summed E-state index contributed by atoms with van der Waals surface area (Å²) >= 11 is 1.69. The van der Waals surface area contributed by atoms with Crippen LogP contribution in [0.2, 0.25) is 0 Å². The van der Waals surface area contributed by atoms with E-state index in [1.807, 2.05) is 62.4 Å². The monoisotopic (exact) mass is 379 g/mol. The van der Waals surface area contributed by atoms with E-state index in [9.17, 15) is 4.79 Å². The van der Waals surface area contributed by atoms with Crippen LogP contribution in [0.25, 0.3) is 0 Å². The summed E-state index contributed by atoms with van der Waals surface area (Å²) in [6.07, 6.45) is 0. The van der Waals surface area contributed by atoms with Gasteiger partial charge in [0.2, 0.25) is 0 Å². The van der Waals surface area contributed by atoms with Crippen LogP contribution >= 0.6 is 11.8 Å². The van der Waals surface area contributed by atoms with E-state index in [0.717, 1.165) is 23.5 Å². The van der Waals surface area contributed by atoms with Crippen LogP contribution in [-0.2, 0) is 4.74 Å². The third-order valence-corrected chi connectivity index (χ3v) is 5.41. The molecule has 2 aromatic rings. The van der Waals surface area contributed by atoms with Gasteiger partial charge in [-0.1, -0.05) is 17.0 Å². The number of ketones is 1. The summed E-state index contributed by atoms with van der Waals surface area (Å²) < 4.78 is 5.39. The van der Waals surface area contributed by atoms with Gasteiger partial charge in [-0.2, -0.15) is 30.3 Å². The van der Waals surface area contributed by atoms with Crippen molar-refractivity contribution in [3.05, 3.63) is 60.2 Å². The van der Waals surface area contributed by atoms with Gasteiger partial charge in [-0.05, 0) is 26.0 Å². The molecule has 1 aliphatic rings. The first kappa shape index (κ1) is 21.3. The average molecular weight is 380 g/mol. The van der Waals surface area contributed by atoms with Gasteiger partial charge in [-0.15, -0.1) is 11.8 Å². The summed E-state index contributed by atoms with van der Waals surface area (Å²) in [6.45, 7) is 7.00.